The Kier molecular flexibility index (Phi) is 32.7. The van der Waals surface area contributed by atoms with E-state index < -0.39 is 18.1 Å². The molecule has 52 heavy (non-hydrogen) atoms. The number of hydrogen-bond acceptors (Lipinski definition) is 6. The minimum atomic E-state index is -0.887. The first-order valence-corrected chi connectivity index (χ1v) is 20.0. The molecule has 0 radical (unpaired) electrons. The molecule has 8 heteroatoms. The molecule has 0 aromatic heterocycles. The number of ether oxygens (including phenoxy) is 3. The number of quaternary nitrogens is 1. The first-order valence-electron chi connectivity index (χ1n) is 20.0. The minimum Gasteiger partial charge on any atom is -0.477 e. The van der Waals surface area contributed by atoms with Crippen LogP contribution in [0.2, 0.25) is 0 Å². The summed E-state index contributed by atoms with van der Waals surface area (Å²) in [5.74, 6) is -1.56. The van der Waals surface area contributed by atoms with Crippen LogP contribution in [0.25, 0.3) is 0 Å². The number of rotatable bonds is 34. The summed E-state index contributed by atoms with van der Waals surface area (Å²) < 4.78 is 17.1. The number of aliphatic carboxylic acids is 1. The molecular weight excluding hydrogens is 654 g/mol. The highest BCUT2D eigenvalue weighted by atomic mass is 16.6. The fraction of sp³-hybridized carbons (Fsp3) is 0.659. The summed E-state index contributed by atoms with van der Waals surface area (Å²) >= 11 is 0. The van der Waals surface area contributed by atoms with Gasteiger partial charge in [-0.2, -0.15) is 0 Å². The van der Waals surface area contributed by atoms with Crippen molar-refractivity contribution in [2.45, 2.75) is 148 Å². The monoisotopic (exact) mass is 729 g/mol. The minimum absolute atomic E-state index is 0.0401. The van der Waals surface area contributed by atoms with Crippen molar-refractivity contribution in [3.63, 3.8) is 0 Å². The maximum absolute atomic E-state index is 12.6. The lowest BCUT2D eigenvalue weighted by Gasteiger charge is -2.31. The maximum atomic E-state index is 12.6. The van der Waals surface area contributed by atoms with Crippen LogP contribution in [-0.4, -0.2) is 80.6 Å². The highest BCUT2D eigenvalue weighted by molar-refractivity contribution is 5.72. The van der Waals surface area contributed by atoms with Crippen molar-refractivity contribution in [3.05, 3.63) is 72.9 Å². The number of likely N-dealkylation sites (N-methyl/N-ethyl adjacent to an activating group) is 1. The molecular formula is C44H74NO7+. The normalized spacial score (nSPS) is 13.8. The van der Waals surface area contributed by atoms with Gasteiger partial charge in [-0.05, 0) is 57.8 Å². The number of carboxylic acids is 1. The third kappa shape index (κ3) is 32.7. The molecule has 0 aromatic carbocycles. The van der Waals surface area contributed by atoms with Crippen LogP contribution in [0.1, 0.15) is 136 Å². The molecule has 0 heterocycles. The molecule has 0 aliphatic heterocycles. The van der Waals surface area contributed by atoms with Crippen molar-refractivity contribution in [1.82, 2.24) is 0 Å². The van der Waals surface area contributed by atoms with Gasteiger partial charge in [0.1, 0.15) is 6.61 Å². The zero-order valence-corrected chi connectivity index (χ0v) is 33.5. The van der Waals surface area contributed by atoms with Crippen LogP contribution in [0, 0.1) is 0 Å². The Bertz CT molecular complexity index is 1080. The Labute approximate surface area is 317 Å². The van der Waals surface area contributed by atoms with Crippen LogP contribution >= 0.6 is 0 Å². The lowest BCUT2D eigenvalue weighted by molar-refractivity contribution is -0.887. The number of carbonyl (C=O) groups is 3. The zero-order valence-electron chi connectivity index (χ0n) is 33.5. The molecule has 0 rings (SSSR count). The number of carboxylic acid groups (broad SMARTS) is 1. The number of unbranched alkanes of at least 4 members (excludes halogenated alkanes) is 8. The third-order valence-electron chi connectivity index (χ3n) is 8.37. The Morgan fingerprint density at radius 2 is 1.08 bits per heavy atom. The maximum Gasteiger partial charge on any atom is 0.362 e. The fourth-order valence-corrected chi connectivity index (χ4v) is 5.28. The van der Waals surface area contributed by atoms with Crippen LogP contribution in [0.15, 0.2) is 72.9 Å². The number of carbonyl (C=O) groups excluding carboxylic acids is 2. The molecule has 0 fully saturated rings. The molecule has 0 saturated heterocycles. The second-order valence-corrected chi connectivity index (χ2v) is 14.2. The van der Waals surface area contributed by atoms with E-state index in [4.69, 9.17) is 14.2 Å². The van der Waals surface area contributed by atoms with Gasteiger partial charge in [0.2, 0.25) is 0 Å². The highest BCUT2D eigenvalue weighted by Gasteiger charge is 2.31. The predicted octanol–water partition coefficient (Wildman–Crippen LogP) is 10.4. The average molecular weight is 729 g/mol. The molecule has 0 aromatic rings. The van der Waals surface area contributed by atoms with Gasteiger partial charge in [0.05, 0.1) is 34.4 Å². The van der Waals surface area contributed by atoms with Crippen molar-refractivity contribution in [2.75, 3.05) is 41.0 Å². The van der Waals surface area contributed by atoms with E-state index in [2.05, 4.69) is 86.8 Å². The van der Waals surface area contributed by atoms with Gasteiger partial charge in [-0.1, -0.05) is 132 Å². The lowest BCUT2D eigenvalue weighted by atomic mass is 10.1. The number of allylic oxidation sites excluding steroid dienone is 12. The molecule has 2 atom stereocenters. The standard InChI is InChI=1S/C44H73NO7/c1-6-8-10-12-14-16-17-18-19-20-21-22-23-24-25-26-27-29-30-32-34-42(46)51-39-40(38-50-37-36-41(44(48)49)45(3,4)5)52-43(47)35-33-31-28-15-13-11-9-7-2/h8,10,14,16,18-19,21-22,24-25,27,29,40-41H,6-7,9,11-13,15,17,20,23,26,28,30-39H2,1-5H3/p+1/b10-8+,16-14+,19-18+,22-21+,25-24+,29-27+. The number of nitrogens with zero attached hydrogens (tertiary/aromatic N) is 1. The Hall–Kier alpha value is -3.23. The summed E-state index contributed by atoms with van der Waals surface area (Å²) in [5.41, 5.74) is 0. The molecule has 296 valence electrons. The van der Waals surface area contributed by atoms with Crippen LogP contribution < -0.4 is 0 Å². The van der Waals surface area contributed by atoms with Crippen molar-refractivity contribution < 1.29 is 38.2 Å². The molecule has 0 amide bonds. The molecule has 0 spiro atoms. The quantitative estimate of drug-likeness (QED) is 0.0305. The van der Waals surface area contributed by atoms with E-state index in [1.807, 2.05) is 21.1 Å². The Morgan fingerprint density at radius 3 is 1.58 bits per heavy atom. The van der Waals surface area contributed by atoms with E-state index in [-0.39, 0.29) is 42.7 Å². The van der Waals surface area contributed by atoms with E-state index in [0.29, 0.717) is 19.3 Å². The number of hydrogen-bond donors (Lipinski definition) is 1. The lowest BCUT2D eigenvalue weighted by Crippen LogP contribution is -2.50. The molecule has 8 nitrogen and oxygen atoms in total. The van der Waals surface area contributed by atoms with Gasteiger partial charge in [0.25, 0.3) is 0 Å². The molecule has 0 saturated carbocycles. The van der Waals surface area contributed by atoms with Gasteiger partial charge in [0, 0.05) is 19.3 Å². The van der Waals surface area contributed by atoms with Crippen molar-refractivity contribution in [2.24, 2.45) is 0 Å². The second-order valence-electron chi connectivity index (χ2n) is 14.2. The highest BCUT2D eigenvalue weighted by Crippen LogP contribution is 2.12. The van der Waals surface area contributed by atoms with Gasteiger partial charge in [-0.15, -0.1) is 0 Å². The first-order chi connectivity index (χ1) is 25.1. The van der Waals surface area contributed by atoms with E-state index in [0.717, 1.165) is 64.2 Å². The van der Waals surface area contributed by atoms with E-state index in [9.17, 15) is 19.5 Å². The van der Waals surface area contributed by atoms with Gasteiger partial charge in [0.15, 0.2) is 12.1 Å². The second kappa shape index (κ2) is 34.8. The molecule has 2 unspecified atom stereocenters. The van der Waals surface area contributed by atoms with Crippen LogP contribution in [0.5, 0.6) is 0 Å². The van der Waals surface area contributed by atoms with Gasteiger partial charge >= 0.3 is 17.9 Å². The summed E-state index contributed by atoms with van der Waals surface area (Å²) in [6, 6.07) is -0.623. The van der Waals surface area contributed by atoms with Crippen molar-refractivity contribution >= 4 is 17.9 Å². The SMILES string of the molecule is CC/C=C/C/C=C/C/C=C/C/C=C/C/C=C/C/C=C/CCCC(=O)OCC(COCCC(C(=O)O)[N+](C)(C)C)OC(=O)CCCCCCCCCC. The topological polar surface area (TPSA) is 99.1 Å². The number of esters is 2. The van der Waals surface area contributed by atoms with E-state index in [1.54, 1.807) is 0 Å². The van der Waals surface area contributed by atoms with Gasteiger partial charge in [-0.3, -0.25) is 9.59 Å². The smallest absolute Gasteiger partial charge is 0.362 e. The molecule has 0 aliphatic rings. The summed E-state index contributed by atoms with van der Waals surface area (Å²) in [7, 11) is 5.49. The molecule has 0 aliphatic carbocycles. The largest absolute Gasteiger partial charge is 0.477 e. The summed E-state index contributed by atoms with van der Waals surface area (Å²) in [6.45, 7) is 4.50. The summed E-state index contributed by atoms with van der Waals surface area (Å²) in [5, 5.41) is 9.57. The van der Waals surface area contributed by atoms with E-state index >= 15 is 0 Å². The fourth-order valence-electron chi connectivity index (χ4n) is 5.28. The van der Waals surface area contributed by atoms with Crippen molar-refractivity contribution in [3.8, 4) is 0 Å². The van der Waals surface area contributed by atoms with Crippen LogP contribution in [0.3, 0.4) is 0 Å². The third-order valence-corrected chi connectivity index (χ3v) is 8.37. The zero-order chi connectivity index (χ0) is 38.5. The van der Waals surface area contributed by atoms with Gasteiger partial charge < -0.3 is 23.8 Å². The summed E-state index contributed by atoms with van der Waals surface area (Å²) in [4.78, 5) is 36.7. The van der Waals surface area contributed by atoms with Crippen molar-refractivity contribution in [1.29, 1.82) is 0 Å². The Balaban J connectivity index is 4.43. The Morgan fingerprint density at radius 1 is 0.596 bits per heavy atom. The van der Waals surface area contributed by atoms with Crippen LogP contribution in [-0.2, 0) is 28.6 Å². The average Bonchev–Trinajstić information content (AvgIpc) is 3.09. The van der Waals surface area contributed by atoms with E-state index in [1.165, 1.54) is 32.1 Å². The van der Waals surface area contributed by atoms with Gasteiger partial charge in [-0.25, -0.2) is 4.79 Å². The summed E-state index contributed by atoms with van der Waals surface area (Å²) in [6.07, 6.45) is 42.5. The first kappa shape index (κ1) is 48.8. The molecule has 1 N–H and O–H groups in total. The predicted molar refractivity (Wildman–Crippen MR) is 215 cm³/mol. The van der Waals surface area contributed by atoms with Crippen LogP contribution in [0.4, 0.5) is 0 Å². The molecule has 0 bridgehead atoms.